The van der Waals surface area contributed by atoms with Crippen LogP contribution in [-0.2, 0) is 5.41 Å². The van der Waals surface area contributed by atoms with E-state index in [1.54, 1.807) is 19.9 Å². The van der Waals surface area contributed by atoms with Gasteiger partial charge in [0.05, 0.1) is 6.61 Å². The van der Waals surface area contributed by atoms with E-state index in [9.17, 15) is 8.78 Å². The van der Waals surface area contributed by atoms with Crippen molar-refractivity contribution >= 4 is 11.6 Å². The van der Waals surface area contributed by atoms with Gasteiger partial charge in [-0.3, -0.25) is 0 Å². The summed E-state index contributed by atoms with van der Waals surface area (Å²) in [4.78, 5) is 0. The minimum Gasteiger partial charge on any atom is -0.395 e. The molecule has 0 atom stereocenters. The summed E-state index contributed by atoms with van der Waals surface area (Å²) in [6.45, 7) is 3.52. The first-order valence-corrected chi connectivity index (χ1v) is 4.95. The van der Waals surface area contributed by atoms with Gasteiger partial charge >= 0.3 is 0 Å². The number of hydrogen-bond donors (Lipinski definition) is 1. The SMILES string of the molecule is CC(C)(CO)c1ccc(C(F)F)cc1Cl. The van der Waals surface area contributed by atoms with Gasteiger partial charge in [-0.2, -0.15) is 0 Å². The molecule has 0 radical (unpaired) electrons. The van der Waals surface area contributed by atoms with Gasteiger partial charge in [0.15, 0.2) is 0 Å². The Kier molecular flexibility index (Phi) is 3.68. The molecule has 4 heteroatoms. The van der Waals surface area contributed by atoms with E-state index in [0.29, 0.717) is 5.56 Å². The Bertz CT molecular complexity index is 350. The molecular formula is C11H13ClF2O. The maximum Gasteiger partial charge on any atom is 0.263 e. The predicted octanol–water partition coefficient (Wildman–Crippen LogP) is 3.55. The van der Waals surface area contributed by atoms with Crippen LogP contribution in [0.25, 0.3) is 0 Å². The first kappa shape index (κ1) is 12.4. The van der Waals surface area contributed by atoms with Crippen molar-refractivity contribution in [2.75, 3.05) is 6.61 Å². The van der Waals surface area contributed by atoms with E-state index in [2.05, 4.69) is 0 Å². The Morgan fingerprint density at radius 2 is 2.00 bits per heavy atom. The van der Waals surface area contributed by atoms with Crippen molar-refractivity contribution in [3.8, 4) is 0 Å². The van der Waals surface area contributed by atoms with E-state index in [-0.39, 0.29) is 17.2 Å². The summed E-state index contributed by atoms with van der Waals surface area (Å²) >= 11 is 5.89. The molecule has 15 heavy (non-hydrogen) atoms. The van der Waals surface area contributed by atoms with E-state index < -0.39 is 11.8 Å². The van der Waals surface area contributed by atoms with Crippen LogP contribution in [0.3, 0.4) is 0 Å². The highest BCUT2D eigenvalue weighted by Crippen LogP contribution is 2.32. The van der Waals surface area contributed by atoms with Gasteiger partial charge in [-0.15, -0.1) is 0 Å². The topological polar surface area (TPSA) is 20.2 Å². The second-order valence-corrected chi connectivity index (χ2v) is 4.49. The van der Waals surface area contributed by atoms with Gasteiger partial charge in [0.2, 0.25) is 0 Å². The molecule has 0 amide bonds. The minimum atomic E-state index is -2.52. The number of hydrogen-bond acceptors (Lipinski definition) is 1. The van der Waals surface area contributed by atoms with Crippen LogP contribution < -0.4 is 0 Å². The third kappa shape index (κ3) is 2.67. The number of aliphatic hydroxyl groups is 1. The Hall–Kier alpha value is -0.670. The molecule has 0 aliphatic carbocycles. The van der Waals surface area contributed by atoms with Crippen LogP contribution in [0.4, 0.5) is 8.78 Å². The second-order valence-electron chi connectivity index (χ2n) is 4.08. The van der Waals surface area contributed by atoms with Gasteiger partial charge in [0.1, 0.15) is 0 Å². The Morgan fingerprint density at radius 1 is 1.40 bits per heavy atom. The third-order valence-corrected chi connectivity index (χ3v) is 2.68. The van der Waals surface area contributed by atoms with Gasteiger partial charge in [0.25, 0.3) is 6.43 Å². The Labute approximate surface area is 92.7 Å². The summed E-state index contributed by atoms with van der Waals surface area (Å²) in [5, 5.41) is 9.41. The molecule has 0 spiro atoms. The van der Waals surface area contributed by atoms with Crippen molar-refractivity contribution < 1.29 is 13.9 Å². The van der Waals surface area contributed by atoms with Gasteiger partial charge in [-0.05, 0) is 11.6 Å². The summed E-state index contributed by atoms with van der Waals surface area (Å²) < 4.78 is 24.7. The number of aliphatic hydroxyl groups excluding tert-OH is 1. The van der Waals surface area contributed by atoms with Crippen molar-refractivity contribution in [3.05, 3.63) is 34.3 Å². The molecule has 0 bridgehead atoms. The number of rotatable bonds is 3. The molecule has 0 aliphatic heterocycles. The zero-order chi connectivity index (χ0) is 11.6. The molecule has 1 N–H and O–H groups in total. The van der Waals surface area contributed by atoms with Gasteiger partial charge in [-0.1, -0.05) is 37.6 Å². The molecule has 0 unspecified atom stereocenters. The summed E-state index contributed by atoms with van der Waals surface area (Å²) in [6.07, 6.45) is -2.52. The molecule has 1 nitrogen and oxygen atoms in total. The first-order chi connectivity index (χ1) is 6.88. The minimum absolute atomic E-state index is 0.0826. The normalized spacial score (nSPS) is 12.2. The van der Waals surface area contributed by atoms with Crippen LogP contribution in [-0.4, -0.2) is 11.7 Å². The largest absolute Gasteiger partial charge is 0.395 e. The standard InChI is InChI=1S/C11H13ClF2O/c1-11(2,6-15)8-4-3-7(10(13)14)5-9(8)12/h3-5,10,15H,6H2,1-2H3. The van der Waals surface area contributed by atoms with Gasteiger partial charge in [-0.25, -0.2) is 8.78 Å². The predicted molar refractivity (Wildman–Crippen MR) is 56.5 cm³/mol. The van der Waals surface area contributed by atoms with E-state index in [0.717, 1.165) is 0 Å². The lowest BCUT2D eigenvalue weighted by Gasteiger charge is -2.23. The van der Waals surface area contributed by atoms with E-state index >= 15 is 0 Å². The van der Waals surface area contributed by atoms with Crippen molar-refractivity contribution in [1.82, 2.24) is 0 Å². The zero-order valence-corrected chi connectivity index (χ0v) is 9.35. The quantitative estimate of drug-likeness (QED) is 0.848. The maximum atomic E-state index is 12.3. The van der Waals surface area contributed by atoms with Crippen LogP contribution in [0, 0.1) is 0 Å². The molecule has 1 aromatic rings. The first-order valence-electron chi connectivity index (χ1n) is 4.57. The second kappa shape index (κ2) is 4.45. The molecule has 84 valence electrons. The van der Waals surface area contributed by atoms with Crippen molar-refractivity contribution in [1.29, 1.82) is 0 Å². The fourth-order valence-corrected chi connectivity index (χ4v) is 1.75. The van der Waals surface area contributed by atoms with Gasteiger partial charge in [0, 0.05) is 16.0 Å². The lowest BCUT2D eigenvalue weighted by molar-refractivity contribution is 0.151. The average Bonchev–Trinajstić information content (AvgIpc) is 2.17. The van der Waals surface area contributed by atoms with Crippen LogP contribution in [0.2, 0.25) is 5.02 Å². The van der Waals surface area contributed by atoms with E-state index in [1.807, 2.05) is 0 Å². The highest BCUT2D eigenvalue weighted by Gasteiger charge is 2.23. The monoisotopic (exact) mass is 234 g/mol. The van der Waals surface area contributed by atoms with Crippen LogP contribution in [0.5, 0.6) is 0 Å². The molecular weight excluding hydrogens is 222 g/mol. The summed E-state index contributed by atoms with van der Waals surface area (Å²) in [5.74, 6) is 0. The third-order valence-electron chi connectivity index (χ3n) is 2.37. The molecule has 0 aliphatic rings. The number of benzene rings is 1. The summed E-state index contributed by atoms with van der Waals surface area (Å²) in [7, 11) is 0. The fraction of sp³-hybridized carbons (Fsp3) is 0.455. The Morgan fingerprint density at radius 3 is 2.40 bits per heavy atom. The number of alkyl halides is 2. The fourth-order valence-electron chi connectivity index (χ4n) is 1.30. The number of halogens is 3. The smallest absolute Gasteiger partial charge is 0.263 e. The molecule has 0 heterocycles. The van der Waals surface area contributed by atoms with E-state index in [1.165, 1.54) is 12.1 Å². The highest BCUT2D eigenvalue weighted by molar-refractivity contribution is 6.31. The maximum absolute atomic E-state index is 12.3. The molecule has 0 aromatic heterocycles. The molecule has 0 saturated carbocycles. The van der Waals surface area contributed by atoms with Crippen molar-refractivity contribution in [2.45, 2.75) is 25.7 Å². The molecule has 0 fully saturated rings. The molecule has 1 rings (SSSR count). The van der Waals surface area contributed by atoms with Crippen molar-refractivity contribution in [3.63, 3.8) is 0 Å². The van der Waals surface area contributed by atoms with E-state index in [4.69, 9.17) is 16.7 Å². The summed E-state index contributed by atoms with van der Waals surface area (Å²) in [5.41, 5.74) is 0.0612. The lowest BCUT2D eigenvalue weighted by atomic mass is 9.85. The Balaban J connectivity index is 3.14. The summed E-state index contributed by atoms with van der Waals surface area (Å²) in [6, 6.07) is 4.13. The molecule has 0 saturated heterocycles. The molecule has 1 aromatic carbocycles. The van der Waals surface area contributed by atoms with Gasteiger partial charge < -0.3 is 5.11 Å². The lowest BCUT2D eigenvalue weighted by Crippen LogP contribution is -2.22. The van der Waals surface area contributed by atoms with Crippen LogP contribution in [0.1, 0.15) is 31.4 Å². The van der Waals surface area contributed by atoms with Crippen molar-refractivity contribution in [2.24, 2.45) is 0 Å². The zero-order valence-electron chi connectivity index (χ0n) is 8.60. The highest BCUT2D eigenvalue weighted by atomic mass is 35.5. The average molecular weight is 235 g/mol. The van der Waals surface area contributed by atoms with Crippen LogP contribution in [0.15, 0.2) is 18.2 Å². The van der Waals surface area contributed by atoms with Crippen LogP contribution >= 0.6 is 11.6 Å².